The van der Waals surface area contributed by atoms with Gasteiger partial charge in [0, 0.05) is 18.3 Å². The molecule has 170 valence electrons. The summed E-state index contributed by atoms with van der Waals surface area (Å²) in [7, 11) is 0. The number of nitrogens with two attached hydrogens (primary N) is 1. The van der Waals surface area contributed by atoms with Crippen LogP contribution in [0.4, 0.5) is 0 Å². The Bertz CT molecular complexity index is 746. The fraction of sp³-hybridized carbons (Fsp3) is 0.560. The van der Waals surface area contributed by atoms with E-state index < -0.39 is 18.3 Å². The Kier molecular flexibility index (Phi) is 8.69. The van der Waals surface area contributed by atoms with E-state index in [2.05, 4.69) is 0 Å². The Labute approximate surface area is 184 Å². The van der Waals surface area contributed by atoms with Gasteiger partial charge in [-0.15, -0.1) is 0 Å². The van der Waals surface area contributed by atoms with Crippen molar-refractivity contribution in [1.29, 1.82) is 0 Å². The largest absolute Gasteiger partial charge is 0.491 e. The first kappa shape index (κ1) is 23.5. The molecule has 0 heterocycles. The topological polar surface area (TPSA) is 113 Å². The number of hydrogen-bond donors (Lipinski definition) is 4. The van der Waals surface area contributed by atoms with E-state index in [0.29, 0.717) is 24.5 Å². The first-order chi connectivity index (χ1) is 15.0. The van der Waals surface area contributed by atoms with E-state index in [9.17, 15) is 20.1 Å². The summed E-state index contributed by atoms with van der Waals surface area (Å²) in [5.41, 5.74) is 5.49. The predicted molar refractivity (Wildman–Crippen MR) is 119 cm³/mol. The molecule has 6 nitrogen and oxygen atoms in total. The van der Waals surface area contributed by atoms with E-state index in [-0.39, 0.29) is 30.3 Å². The molecule has 0 radical (unpaired) electrons. The van der Waals surface area contributed by atoms with Crippen LogP contribution in [0.15, 0.2) is 54.6 Å². The molecule has 2 aliphatic carbocycles. The predicted octanol–water partition coefficient (Wildman–Crippen LogP) is 2.58. The minimum atomic E-state index is -0.797. The number of carbonyl (C=O) groups is 1. The van der Waals surface area contributed by atoms with Gasteiger partial charge in [-0.05, 0) is 56.1 Å². The lowest BCUT2D eigenvalue weighted by Gasteiger charge is -2.19. The number of para-hydroxylation sites is 1. The van der Waals surface area contributed by atoms with Crippen molar-refractivity contribution in [2.45, 2.75) is 56.8 Å². The zero-order chi connectivity index (χ0) is 22.2. The van der Waals surface area contributed by atoms with Crippen LogP contribution in [0.2, 0.25) is 0 Å². The molecule has 1 aromatic carbocycles. The third-order valence-corrected chi connectivity index (χ3v) is 6.41. The summed E-state index contributed by atoms with van der Waals surface area (Å²) in [5.74, 6) is 0.582. The molecule has 2 aliphatic rings. The van der Waals surface area contributed by atoms with Gasteiger partial charge in [-0.2, -0.15) is 0 Å². The van der Waals surface area contributed by atoms with E-state index in [0.717, 1.165) is 25.7 Å². The van der Waals surface area contributed by atoms with Crippen LogP contribution in [-0.4, -0.2) is 46.1 Å². The molecular weight excluding hydrogens is 394 g/mol. The van der Waals surface area contributed by atoms with E-state index in [1.807, 2.05) is 42.5 Å². The van der Waals surface area contributed by atoms with E-state index in [1.54, 1.807) is 12.2 Å². The number of primary amides is 1. The molecule has 0 saturated heterocycles. The second-order valence-corrected chi connectivity index (χ2v) is 8.82. The van der Waals surface area contributed by atoms with Gasteiger partial charge in [0.15, 0.2) is 0 Å². The van der Waals surface area contributed by atoms with E-state index in [1.165, 1.54) is 0 Å². The van der Waals surface area contributed by atoms with Gasteiger partial charge in [0.1, 0.15) is 18.5 Å². The third-order valence-electron chi connectivity index (χ3n) is 6.41. The number of benzene rings is 1. The Hall–Kier alpha value is -2.15. The molecule has 2 saturated carbocycles. The monoisotopic (exact) mass is 429 g/mol. The quantitative estimate of drug-likeness (QED) is 0.382. The maximum atomic E-state index is 11.5. The Morgan fingerprint density at radius 1 is 1.16 bits per heavy atom. The summed E-state index contributed by atoms with van der Waals surface area (Å²) in [6, 6.07) is 9.28. The van der Waals surface area contributed by atoms with Gasteiger partial charge in [0.25, 0.3) is 0 Å². The van der Waals surface area contributed by atoms with Crippen LogP contribution < -0.4 is 10.5 Å². The zero-order valence-electron chi connectivity index (χ0n) is 17.9. The normalized spacial score (nSPS) is 28.2. The van der Waals surface area contributed by atoms with Crippen molar-refractivity contribution >= 4 is 5.91 Å². The molecule has 6 heteroatoms. The van der Waals surface area contributed by atoms with Gasteiger partial charge in [-0.1, -0.05) is 42.5 Å². The molecule has 0 spiro atoms. The second-order valence-electron chi connectivity index (χ2n) is 8.82. The summed E-state index contributed by atoms with van der Waals surface area (Å²) < 4.78 is 5.55. The van der Waals surface area contributed by atoms with Crippen molar-refractivity contribution in [3.05, 3.63) is 54.6 Å². The van der Waals surface area contributed by atoms with Crippen LogP contribution in [0.25, 0.3) is 0 Å². The van der Waals surface area contributed by atoms with Crippen LogP contribution in [0.1, 0.15) is 38.5 Å². The lowest BCUT2D eigenvalue weighted by atomic mass is 9.89. The number of carbonyl (C=O) groups excluding carboxylic acids is 1. The molecular formula is C25H35NO5. The molecule has 31 heavy (non-hydrogen) atoms. The lowest BCUT2D eigenvalue weighted by Crippen LogP contribution is -2.24. The van der Waals surface area contributed by atoms with Crippen molar-refractivity contribution in [3.8, 4) is 5.75 Å². The highest BCUT2D eigenvalue weighted by molar-refractivity contribution is 5.77. The molecule has 2 fully saturated rings. The number of rotatable bonds is 12. The van der Waals surface area contributed by atoms with Gasteiger partial charge in [-0.3, -0.25) is 4.79 Å². The Morgan fingerprint density at radius 2 is 1.90 bits per heavy atom. The number of allylic oxidation sites excluding steroid dienone is 2. The van der Waals surface area contributed by atoms with E-state index in [4.69, 9.17) is 10.5 Å². The minimum absolute atomic E-state index is 0.0289. The summed E-state index contributed by atoms with van der Waals surface area (Å²) in [6.45, 7) is 0.123. The van der Waals surface area contributed by atoms with Crippen LogP contribution in [0.5, 0.6) is 5.75 Å². The van der Waals surface area contributed by atoms with Crippen LogP contribution in [0, 0.1) is 23.7 Å². The van der Waals surface area contributed by atoms with Gasteiger partial charge in [0.2, 0.25) is 5.91 Å². The molecule has 5 N–H and O–H groups in total. The fourth-order valence-electron chi connectivity index (χ4n) is 4.47. The van der Waals surface area contributed by atoms with Gasteiger partial charge in [0.05, 0.1) is 12.2 Å². The number of amides is 1. The minimum Gasteiger partial charge on any atom is -0.491 e. The average molecular weight is 430 g/mol. The number of hydrogen-bond acceptors (Lipinski definition) is 5. The smallest absolute Gasteiger partial charge is 0.220 e. The summed E-state index contributed by atoms with van der Waals surface area (Å²) >= 11 is 0. The maximum absolute atomic E-state index is 11.5. The molecule has 6 atom stereocenters. The van der Waals surface area contributed by atoms with Crippen LogP contribution in [0.3, 0.4) is 0 Å². The van der Waals surface area contributed by atoms with Crippen molar-refractivity contribution in [3.63, 3.8) is 0 Å². The Balaban J connectivity index is 1.46. The van der Waals surface area contributed by atoms with Crippen molar-refractivity contribution in [1.82, 2.24) is 0 Å². The molecule has 1 aromatic rings. The molecule has 0 bridgehead atoms. The van der Waals surface area contributed by atoms with Crippen LogP contribution in [-0.2, 0) is 4.79 Å². The second kappa shape index (κ2) is 11.5. The molecule has 0 aromatic heterocycles. The van der Waals surface area contributed by atoms with Gasteiger partial charge < -0.3 is 25.8 Å². The molecule has 6 unspecified atom stereocenters. The van der Waals surface area contributed by atoms with Gasteiger partial charge in [-0.25, -0.2) is 0 Å². The summed E-state index contributed by atoms with van der Waals surface area (Å²) in [6.07, 6.45) is 10.2. The first-order valence-electron chi connectivity index (χ1n) is 11.3. The third kappa shape index (κ3) is 7.20. The van der Waals surface area contributed by atoms with Crippen LogP contribution >= 0.6 is 0 Å². The highest BCUT2D eigenvalue weighted by Gasteiger charge is 2.39. The maximum Gasteiger partial charge on any atom is 0.220 e. The average Bonchev–Trinajstić information content (AvgIpc) is 3.54. The van der Waals surface area contributed by atoms with Crippen molar-refractivity contribution < 1.29 is 24.9 Å². The first-order valence-corrected chi connectivity index (χ1v) is 11.3. The van der Waals surface area contributed by atoms with Crippen molar-refractivity contribution in [2.24, 2.45) is 29.4 Å². The SMILES string of the molecule is NC(=O)C(CCC=CCC1C(O)CC(O)C1C=CC(O)COc1ccccc1)C1CC1. The highest BCUT2D eigenvalue weighted by Crippen LogP contribution is 2.39. The number of ether oxygens (including phenoxy) is 1. The van der Waals surface area contributed by atoms with E-state index >= 15 is 0 Å². The molecule has 1 amide bonds. The lowest BCUT2D eigenvalue weighted by molar-refractivity contribution is -0.122. The standard InChI is InChI=1S/C25H35NO5/c26-25(30)20(17-11-12-17)9-5-2-6-10-21-22(24(29)15-23(21)28)14-13-18(27)16-31-19-7-3-1-4-8-19/h1-4,6-8,13-14,17-18,20-24,27-29H,5,9-12,15-16H2,(H2,26,30). The highest BCUT2D eigenvalue weighted by atomic mass is 16.5. The van der Waals surface area contributed by atoms with Gasteiger partial charge >= 0.3 is 0 Å². The molecule has 3 rings (SSSR count). The Morgan fingerprint density at radius 3 is 2.58 bits per heavy atom. The van der Waals surface area contributed by atoms with Crippen molar-refractivity contribution in [2.75, 3.05) is 6.61 Å². The summed E-state index contributed by atoms with van der Waals surface area (Å²) in [4.78, 5) is 11.5. The number of aliphatic hydroxyl groups is 3. The molecule has 0 aliphatic heterocycles. The zero-order valence-corrected chi connectivity index (χ0v) is 17.9. The summed E-state index contributed by atoms with van der Waals surface area (Å²) in [5, 5.41) is 30.9. The number of aliphatic hydroxyl groups excluding tert-OH is 3. The fourth-order valence-corrected chi connectivity index (χ4v) is 4.47.